The van der Waals surface area contributed by atoms with Gasteiger partial charge in [-0.2, -0.15) is 0 Å². The molecule has 4 nitrogen and oxygen atoms in total. The van der Waals surface area contributed by atoms with Crippen LogP contribution in [0.4, 0.5) is 0 Å². The van der Waals surface area contributed by atoms with E-state index in [9.17, 15) is 4.79 Å². The fourth-order valence-electron chi connectivity index (χ4n) is 2.56. The van der Waals surface area contributed by atoms with Gasteiger partial charge in [0.25, 0.3) is 0 Å². The molecule has 1 N–H and O–H groups in total. The van der Waals surface area contributed by atoms with E-state index in [1.54, 1.807) is 12.4 Å². The molecule has 1 aliphatic rings. The van der Waals surface area contributed by atoms with Gasteiger partial charge >= 0.3 is 0 Å². The molecule has 1 aliphatic heterocycles. The summed E-state index contributed by atoms with van der Waals surface area (Å²) < 4.78 is 0. The van der Waals surface area contributed by atoms with E-state index >= 15 is 0 Å². The molecule has 0 radical (unpaired) electrons. The zero-order chi connectivity index (χ0) is 13.5. The van der Waals surface area contributed by atoms with Crippen LogP contribution in [0.15, 0.2) is 24.5 Å². The highest BCUT2D eigenvalue weighted by Crippen LogP contribution is 2.09. The lowest BCUT2D eigenvalue weighted by atomic mass is 10.1. The van der Waals surface area contributed by atoms with Crippen LogP contribution in [0, 0.1) is 0 Å². The van der Waals surface area contributed by atoms with E-state index < -0.39 is 0 Å². The number of nitrogens with zero attached hydrogens (tertiary/aromatic N) is 2. The third-order valence-electron chi connectivity index (χ3n) is 3.53. The Bertz CT molecular complexity index is 388. The maximum absolute atomic E-state index is 12.4. The summed E-state index contributed by atoms with van der Waals surface area (Å²) in [5.41, 5.74) is 0.994. The van der Waals surface area contributed by atoms with Gasteiger partial charge < -0.3 is 10.2 Å². The van der Waals surface area contributed by atoms with Gasteiger partial charge in [0.15, 0.2) is 0 Å². The van der Waals surface area contributed by atoms with E-state index in [1.165, 1.54) is 12.8 Å². The number of hydrogen-bond acceptors (Lipinski definition) is 3. The molecule has 0 saturated carbocycles. The van der Waals surface area contributed by atoms with Gasteiger partial charge in [-0.15, -0.1) is 0 Å². The van der Waals surface area contributed by atoms with Crippen LogP contribution in [0.3, 0.4) is 0 Å². The summed E-state index contributed by atoms with van der Waals surface area (Å²) in [6.07, 6.45) is 7.38. The fourth-order valence-corrected chi connectivity index (χ4v) is 2.56. The maximum atomic E-state index is 12.4. The average Bonchev–Trinajstić information content (AvgIpc) is 2.92. The number of amides is 1. The van der Waals surface area contributed by atoms with Crippen molar-refractivity contribution < 1.29 is 4.79 Å². The van der Waals surface area contributed by atoms with Crippen LogP contribution in [0.5, 0.6) is 0 Å². The largest absolute Gasteiger partial charge is 0.341 e. The zero-order valence-corrected chi connectivity index (χ0v) is 11.6. The molecule has 1 aromatic heterocycles. The summed E-state index contributed by atoms with van der Waals surface area (Å²) in [5.74, 6) is 0.212. The van der Waals surface area contributed by atoms with Gasteiger partial charge in [0, 0.05) is 31.5 Å². The number of carbonyl (C=O) groups excluding carboxylic acids is 1. The summed E-state index contributed by atoms with van der Waals surface area (Å²) in [7, 11) is 0. The van der Waals surface area contributed by atoms with Crippen LogP contribution in [0.2, 0.25) is 0 Å². The van der Waals surface area contributed by atoms with E-state index in [-0.39, 0.29) is 5.91 Å². The monoisotopic (exact) mass is 261 g/mol. The zero-order valence-electron chi connectivity index (χ0n) is 11.6. The van der Waals surface area contributed by atoms with E-state index in [0.29, 0.717) is 12.5 Å². The first-order valence-corrected chi connectivity index (χ1v) is 7.19. The first-order valence-electron chi connectivity index (χ1n) is 7.19. The van der Waals surface area contributed by atoms with Crippen LogP contribution in [-0.4, -0.2) is 41.5 Å². The first-order chi connectivity index (χ1) is 9.29. The second-order valence-electron chi connectivity index (χ2n) is 5.17. The number of carbonyl (C=O) groups is 1. The third kappa shape index (κ3) is 4.31. The minimum absolute atomic E-state index is 0.212. The second kappa shape index (κ2) is 7.24. The van der Waals surface area contributed by atoms with Crippen LogP contribution in [0.1, 0.15) is 31.7 Å². The van der Waals surface area contributed by atoms with Crippen LogP contribution in [0.25, 0.3) is 0 Å². The Balaban J connectivity index is 1.91. The second-order valence-corrected chi connectivity index (χ2v) is 5.17. The molecular formula is C15H23N3O. The highest BCUT2D eigenvalue weighted by Gasteiger charge is 2.20. The Morgan fingerprint density at radius 3 is 3.11 bits per heavy atom. The average molecular weight is 261 g/mol. The Kier molecular flexibility index (Phi) is 5.33. The lowest BCUT2D eigenvalue weighted by Gasteiger charge is -2.25. The fraction of sp³-hybridized carbons (Fsp3) is 0.600. The SMILES string of the molecule is CCCN(CC1CCCN1)C(=O)Cc1cccnc1. The van der Waals surface area contributed by atoms with Crippen molar-refractivity contribution >= 4 is 5.91 Å². The molecule has 2 rings (SSSR count). The van der Waals surface area contributed by atoms with Crippen molar-refractivity contribution in [2.45, 2.75) is 38.6 Å². The van der Waals surface area contributed by atoms with Crippen molar-refractivity contribution in [3.63, 3.8) is 0 Å². The van der Waals surface area contributed by atoms with Gasteiger partial charge in [-0.3, -0.25) is 9.78 Å². The predicted octanol–water partition coefficient (Wildman–Crippen LogP) is 1.61. The number of aromatic nitrogens is 1. The summed E-state index contributed by atoms with van der Waals surface area (Å²) in [4.78, 5) is 18.4. The Morgan fingerprint density at radius 1 is 1.58 bits per heavy atom. The normalized spacial score (nSPS) is 18.5. The summed E-state index contributed by atoms with van der Waals surface area (Å²) >= 11 is 0. The minimum atomic E-state index is 0.212. The van der Waals surface area contributed by atoms with Gasteiger partial charge in [-0.05, 0) is 37.4 Å². The van der Waals surface area contributed by atoms with E-state index in [4.69, 9.17) is 0 Å². The molecule has 19 heavy (non-hydrogen) atoms. The molecule has 1 amide bonds. The molecule has 0 aliphatic carbocycles. The smallest absolute Gasteiger partial charge is 0.227 e. The molecule has 0 bridgehead atoms. The number of nitrogens with one attached hydrogen (secondary N) is 1. The molecule has 1 aromatic rings. The van der Waals surface area contributed by atoms with Crippen molar-refractivity contribution in [2.24, 2.45) is 0 Å². The topological polar surface area (TPSA) is 45.2 Å². The molecule has 4 heteroatoms. The lowest BCUT2D eigenvalue weighted by Crippen LogP contribution is -2.42. The minimum Gasteiger partial charge on any atom is -0.341 e. The Hall–Kier alpha value is -1.42. The molecule has 1 atom stereocenters. The molecule has 104 valence electrons. The highest BCUT2D eigenvalue weighted by molar-refractivity contribution is 5.78. The van der Waals surface area contributed by atoms with Crippen LogP contribution in [-0.2, 0) is 11.2 Å². The predicted molar refractivity (Wildman–Crippen MR) is 75.8 cm³/mol. The van der Waals surface area contributed by atoms with Gasteiger partial charge in [0.05, 0.1) is 6.42 Å². The Labute approximate surface area is 115 Å². The van der Waals surface area contributed by atoms with Crippen molar-refractivity contribution in [1.29, 1.82) is 0 Å². The molecule has 0 aromatic carbocycles. The van der Waals surface area contributed by atoms with Crippen molar-refractivity contribution in [2.75, 3.05) is 19.6 Å². The molecule has 2 heterocycles. The first kappa shape index (κ1) is 14.0. The van der Waals surface area contributed by atoms with Crippen molar-refractivity contribution in [3.05, 3.63) is 30.1 Å². The standard InChI is InChI=1S/C15H23N3O/c1-2-9-18(12-14-6-4-8-17-14)15(19)10-13-5-3-7-16-11-13/h3,5,7,11,14,17H,2,4,6,8-10,12H2,1H3. The van der Waals surface area contributed by atoms with Gasteiger partial charge in [-0.1, -0.05) is 13.0 Å². The molecule has 0 spiro atoms. The van der Waals surface area contributed by atoms with Crippen molar-refractivity contribution in [1.82, 2.24) is 15.2 Å². The van der Waals surface area contributed by atoms with Crippen LogP contribution >= 0.6 is 0 Å². The number of rotatable bonds is 6. The molecular weight excluding hydrogens is 238 g/mol. The van der Waals surface area contributed by atoms with Gasteiger partial charge in [-0.25, -0.2) is 0 Å². The van der Waals surface area contributed by atoms with Crippen molar-refractivity contribution in [3.8, 4) is 0 Å². The summed E-state index contributed by atoms with van der Waals surface area (Å²) in [6.45, 7) is 4.89. The van der Waals surface area contributed by atoms with E-state index in [0.717, 1.165) is 31.6 Å². The quantitative estimate of drug-likeness (QED) is 0.846. The summed E-state index contributed by atoms with van der Waals surface area (Å²) in [6, 6.07) is 4.32. The van der Waals surface area contributed by atoms with Gasteiger partial charge in [0.2, 0.25) is 5.91 Å². The maximum Gasteiger partial charge on any atom is 0.227 e. The van der Waals surface area contributed by atoms with E-state index in [1.807, 2.05) is 17.0 Å². The molecule has 1 fully saturated rings. The molecule has 1 saturated heterocycles. The Morgan fingerprint density at radius 2 is 2.47 bits per heavy atom. The van der Waals surface area contributed by atoms with E-state index in [2.05, 4.69) is 17.2 Å². The lowest BCUT2D eigenvalue weighted by molar-refractivity contribution is -0.130. The number of pyridine rings is 1. The third-order valence-corrected chi connectivity index (χ3v) is 3.53. The highest BCUT2D eigenvalue weighted by atomic mass is 16.2. The number of hydrogen-bond donors (Lipinski definition) is 1. The van der Waals surface area contributed by atoms with Gasteiger partial charge in [0.1, 0.15) is 0 Å². The van der Waals surface area contributed by atoms with Crippen LogP contribution < -0.4 is 5.32 Å². The molecule has 1 unspecified atom stereocenters. The summed E-state index contributed by atoms with van der Waals surface area (Å²) in [5, 5.41) is 3.46.